The van der Waals surface area contributed by atoms with Crippen LogP contribution < -0.4 is 5.32 Å². The highest BCUT2D eigenvalue weighted by atomic mass is 15.2. The molecule has 15 heavy (non-hydrogen) atoms. The number of nitrogens with zero attached hydrogens (tertiary/aromatic N) is 2. The molecule has 0 amide bonds. The van der Waals surface area contributed by atoms with Crippen molar-refractivity contribution < 1.29 is 0 Å². The molecule has 2 unspecified atom stereocenters. The second-order valence-corrected chi connectivity index (χ2v) is 5.03. The van der Waals surface area contributed by atoms with Gasteiger partial charge < -0.3 is 15.1 Å². The van der Waals surface area contributed by atoms with Crippen LogP contribution in [0, 0.1) is 0 Å². The molecular formula is C12H27N3. The van der Waals surface area contributed by atoms with E-state index in [-0.39, 0.29) is 0 Å². The molecule has 0 aromatic rings. The van der Waals surface area contributed by atoms with Crippen LogP contribution in [0.3, 0.4) is 0 Å². The molecule has 3 heteroatoms. The molecule has 1 rings (SSSR count). The highest BCUT2D eigenvalue weighted by molar-refractivity contribution is 4.86. The Kier molecular flexibility index (Phi) is 5.58. The summed E-state index contributed by atoms with van der Waals surface area (Å²) in [6.07, 6.45) is 5.49. The van der Waals surface area contributed by atoms with Crippen LogP contribution >= 0.6 is 0 Å². The van der Waals surface area contributed by atoms with E-state index in [0.29, 0.717) is 6.04 Å². The van der Waals surface area contributed by atoms with Gasteiger partial charge in [-0.3, -0.25) is 0 Å². The van der Waals surface area contributed by atoms with E-state index in [1.807, 2.05) is 0 Å². The molecule has 2 atom stereocenters. The number of likely N-dealkylation sites (N-methyl/N-ethyl adjacent to an activating group) is 3. The van der Waals surface area contributed by atoms with E-state index in [4.69, 9.17) is 0 Å². The molecule has 1 aliphatic rings. The van der Waals surface area contributed by atoms with Crippen LogP contribution in [0.4, 0.5) is 0 Å². The lowest BCUT2D eigenvalue weighted by atomic mass is 9.89. The Labute approximate surface area is 94.8 Å². The summed E-state index contributed by atoms with van der Waals surface area (Å²) in [5.41, 5.74) is 0. The minimum Gasteiger partial charge on any atom is -0.315 e. The van der Waals surface area contributed by atoms with Crippen molar-refractivity contribution in [1.82, 2.24) is 15.1 Å². The molecular weight excluding hydrogens is 186 g/mol. The Balaban J connectivity index is 2.37. The van der Waals surface area contributed by atoms with Crippen LogP contribution in [-0.4, -0.2) is 63.2 Å². The van der Waals surface area contributed by atoms with Crippen molar-refractivity contribution in [1.29, 1.82) is 0 Å². The SMILES string of the molecule is CNC1CCCCC1N(C)CCN(C)C. The Morgan fingerprint density at radius 2 is 1.73 bits per heavy atom. The number of rotatable bonds is 5. The summed E-state index contributed by atoms with van der Waals surface area (Å²) in [5.74, 6) is 0. The van der Waals surface area contributed by atoms with Crippen LogP contribution in [-0.2, 0) is 0 Å². The summed E-state index contributed by atoms with van der Waals surface area (Å²) >= 11 is 0. The Hall–Kier alpha value is -0.120. The molecule has 3 nitrogen and oxygen atoms in total. The van der Waals surface area contributed by atoms with E-state index in [1.54, 1.807) is 0 Å². The molecule has 0 aromatic carbocycles. The summed E-state index contributed by atoms with van der Waals surface area (Å²) in [7, 11) is 8.65. The van der Waals surface area contributed by atoms with Gasteiger partial charge in [-0.15, -0.1) is 0 Å². The van der Waals surface area contributed by atoms with Crippen molar-refractivity contribution in [3.8, 4) is 0 Å². The molecule has 1 N–H and O–H groups in total. The average molecular weight is 213 g/mol. The van der Waals surface area contributed by atoms with E-state index in [2.05, 4.69) is 43.3 Å². The lowest BCUT2D eigenvalue weighted by Crippen LogP contribution is -2.50. The van der Waals surface area contributed by atoms with Gasteiger partial charge in [0, 0.05) is 25.2 Å². The Morgan fingerprint density at radius 1 is 1.07 bits per heavy atom. The van der Waals surface area contributed by atoms with Gasteiger partial charge in [0.05, 0.1) is 0 Å². The van der Waals surface area contributed by atoms with Crippen molar-refractivity contribution in [2.75, 3.05) is 41.3 Å². The number of hydrogen-bond donors (Lipinski definition) is 1. The van der Waals surface area contributed by atoms with Crippen molar-refractivity contribution in [2.24, 2.45) is 0 Å². The smallest absolute Gasteiger partial charge is 0.0246 e. The van der Waals surface area contributed by atoms with Gasteiger partial charge in [-0.2, -0.15) is 0 Å². The van der Waals surface area contributed by atoms with Gasteiger partial charge in [0.2, 0.25) is 0 Å². The molecule has 1 saturated carbocycles. The van der Waals surface area contributed by atoms with Crippen LogP contribution in [0.5, 0.6) is 0 Å². The standard InChI is InChI=1S/C12H27N3/c1-13-11-7-5-6-8-12(11)15(4)10-9-14(2)3/h11-13H,5-10H2,1-4H3. The third kappa shape index (κ3) is 4.09. The third-order valence-electron chi connectivity index (χ3n) is 3.57. The van der Waals surface area contributed by atoms with E-state index in [9.17, 15) is 0 Å². The third-order valence-corrected chi connectivity index (χ3v) is 3.57. The summed E-state index contributed by atoms with van der Waals surface area (Å²) in [6, 6.07) is 1.44. The molecule has 0 spiro atoms. The van der Waals surface area contributed by atoms with Gasteiger partial charge in [0.1, 0.15) is 0 Å². The van der Waals surface area contributed by atoms with Gasteiger partial charge in [-0.1, -0.05) is 12.8 Å². The highest BCUT2D eigenvalue weighted by Gasteiger charge is 2.26. The lowest BCUT2D eigenvalue weighted by Gasteiger charge is -2.38. The summed E-state index contributed by atoms with van der Waals surface area (Å²) in [5, 5.41) is 3.47. The minimum absolute atomic E-state index is 0.700. The van der Waals surface area contributed by atoms with Crippen molar-refractivity contribution >= 4 is 0 Å². The molecule has 1 fully saturated rings. The first kappa shape index (κ1) is 12.9. The Morgan fingerprint density at radius 3 is 2.33 bits per heavy atom. The van der Waals surface area contributed by atoms with Gasteiger partial charge in [-0.05, 0) is 41.0 Å². The second-order valence-electron chi connectivity index (χ2n) is 5.03. The van der Waals surface area contributed by atoms with Crippen molar-refractivity contribution in [3.63, 3.8) is 0 Å². The van der Waals surface area contributed by atoms with Crippen LogP contribution in [0.15, 0.2) is 0 Å². The Bertz CT molecular complexity index is 170. The number of nitrogens with one attached hydrogen (secondary N) is 1. The first-order chi connectivity index (χ1) is 7.15. The number of hydrogen-bond acceptors (Lipinski definition) is 3. The predicted molar refractivity (Wildman–Crippen MR) is 66.3 cm³/mol. The fraction of sp³-hybridized carbons (Fsp3) is 1.00. The van der Waals surface area contributed by atoms with Gasteiger partial charge >= 0.3 is 0 Å². The van der Waals surface area contributed by atoms with E-state index < -0.39 is 0 Å². The summed E-state index contributed by atoms with van der Waals surface area (Å²) in [6.45, 7) is 2.33. The van der Waals surface area contributed by atoms with E-state index >= 15 is 0 Å². The van der Waals surface area contributed by atoms with Crippen LogP contribution in [0.1, 0.15) is 25.7 Å². The first-order valence-electron chi connectivity index (χ1n) is 6.17. The quantitative estimate of drug-likeness (QED) is 0.735. The molecule has 0 aliphatic heterocycles. The molecule has 0 aromatic heterocycles. The van der Waals surface area contributed by atoms with E-state index in [0.717, 1.165) is 12.6 Å². The first-order valence-corrected chi connectivity index (χ1v) is 6.17. The summed E-state index contributed by atoms with van der Waals surface area (Å²) < 4.78 is 0. The molecule has 0 heterocycles. The fourth-order valence-electron chi connectivity index (χ4n) is 2.50. The second kappa shape index (κ2) is 6.46. The van der Waals surface area contributed by atoms with E-state index in [1.165, 1.54) is 32.2 Å². The normalized spacial score (nSPS) is 27.6. The fourth-order valence-corrected chi connectivity index (χ4v) is 2.50. The summed E-state index contributed by atoms with van der Waals surface area (Å²) in [4.78, 5) is 4.79. The molecule has 90 valence electrons. The van der Waals surface area contributed by atoms with Crippen molar-refractivity contribution in [2.45, 2.75) is 37.8 Å². The average Bonchev–Trinajstić information content (AvgIpc) is 2.25. The van der Waals surface area contributed by atoms with Gasteiger partial charge in [0.25, 0.3) is 0 Å². The zero-order chi connectivity index (χ0) is 11.3. The molecule has 0 saturated heterocycles. The van der Waals surface area contributed by atoms with Crippen LogP contribution in [0.25, 0.3) is 0 Å². The van der Waals surface area contributed by atoms with Crippen LogP contribution in [0.2, 0.25) is 0 Å². The zero-order valence-corrected chi connectivity index (χ0v) is 10.8. The molecule has 0 radical (unpaired) electrons. The molecule has 0 bridgehead atoms. The zero-order valence-electron chi connectivity index (χ0n) is 10.8. The monoisotopic (exact) mass is 213 g/mol. The minimum atomic E-state index is 0.700. The highest BCUT2D eigenvalue weighted by Crippen LogP contribution is 2.21. The van der Waals surface area contributed by atoms with Gasteiger partial charge in [-0.25, -0.2) is 0 Å². The molecule has 1 aliphatic carbocycles. The maximum absolute atomic E-state index is 3.47. The van der Waals surface area contributed by atoms with Crippen molar-refractivity contribution in [3.05, 3.63) is 0 Å². The van der Waals surface area contributed by atoms with Gasteiger partial charge in [0.15, 0.2) is 0 Å². The topological polar surface area (TPSA) is 18.5 Å². The maximum Gasteiger partial charge on any atom is 0.0246 e. The largest absolute Gasteiger partial charge is 0.315 e. The lowest BCUT2D eigenvalue weighted by molar-refractivity contribution is 0.144. The maximum atomic E-state index is 3.47. The predicted octanol–water partition coefficient (Wildman–Crippen LogP) is 1.01.